The van der Waals surface area contributed by atoms with Gasteiger partial charge in [0.15, 0.2) is 11.9 Å². The van der Waals surface area contributed by atoms with Crippen LogP contribution in [0.15, 0.2) is 6.07 Å². The summed E-state index contributed by atoms with van der Waals surface area (Å²) in [6.07, 6.45) is -0.0367. The molecule has 2 rings (SSSR count). The minimum absolute atomic E-state index is 0.354. The summed E-state index contributed by atoms with van der Waals surface area (Å²) in [4.78, 5) is 22.5. The van der Waals surface area contributed by atoms with E-state index in [-0.39, 0.29) is 5.91 Å². The van der Waals surface area contributed by atoms with E-state index in [1.165, 1.54) is 0 Å². The number of ether oxygens (including phenoxy) is 1. The number of rotatable bonds is 4. The minimum atomic E-state index is -1.03. The van der Waals surface area contributed by atoms with E-state index in [1.54, 1.807) is 6.07 Å². The van der Waals surface area contributed by atoms with Gasteiger partial charge in [-0.05, 0) is 19.3 Å². The second-order valence-electron chi connectivity index (χ2n) is 4.15. The normalized spacial score (nSPS) is 22.9. The van der Waals surface area contributed by atoms with E-state index in [0.29, 0.717) is 18.7 Å². The number of aryl methyl sites for hydroxylation is 1. The predicted molar refractivity (Wildman–Crippen MR) is 62.1 cm³/mol. The van der Waals surface area contributed by atoms with Gasteiger partial charge < -0.3 is 15.2 Å². The number of carboxylic acid groups (broad SMARTS) is 1. The van der Waals surface area contributed by atoms with Gasteiger partial charge in [0.25, 0.3) is 5.91 Å². The quantitative estimate of drug-likeness (QED) is 0.726. The highest BCUT2D eigenvalue weighted by Crippen LogP contribution is 2.21. The summed E-state index contributed by atoms with van der Waals surface area (Å²) in [6, 6.07) is 1.74. The van der Waals surface area contributed by atoms with Gasteiger partial charge in [-0.15, -0.1) is 0 Å². The Kier molecular flexibility index (Phi) is 3.61. The molecule has 1 saturated heterocycles. The van der Waals surface area contributed by atoms with Crippen LogP contribution in [0.3, 0.4) is 0 Å². The summed E-state index contributed by atoms with van der Waals surface area (Å²) < 4.78 is 5.14. The molecule has 2 heterocycles. The zero-order valence-electron chi connectivity index (χ0n) is 9.97. The largest absolute Gasteiger partial charge is 0.479 e. The first kappa shape index (κ1) is 12.6. The maximum atomic E-state index is 11.8. The van der Waals surface area contributed by atoms with Gasteiger partial charge >= 0.3 is 5.97 Å². The third-order valence-electron chi connectivity index (χ3n) is 2.85. The maximum Gasteiger partial charge on any atom is 0.332 e. The molecule has 2 atom stereocenters. The molecule has 1 amide bonds. The number of carbonyl (C=O) groups is 2. The molecule has 1 aromatic heterocycles. The highest BCUT2D eigenvalue weighted by Gasteiger charge is 2.34. The van der Waals surface area contributed by atoms with Crippen LogP contribution < -0.4 is 5.32 Å². The molecule has 0 aromatic carbocycles. The SMILES string of the molecule is CCc1cc(NC(=O)C2CCC(C(=O)O)O2)n[nH]1. The van der Waals surface area contributed by atoms with E-state index in [4.69, 9.17) is 9.84 Å². The molecular weight excluding hydrogens is 238 g/mol. The van der Waals surface area contributed by atoms with Gasteiger partial charge in [0.05, 0.1) is 0 Å². The Labute approximate surface area is 104 Å². The number of amides is 1. The number of nitrogens with zero attached hydrogens (tertiary/aromatic N) is 1. The maximum absolute atomic E-state index is 11.8. The van der Waals surface area contributed by atoms with Crippen LogP contribution in [0, 0.1) is 0 Å². The van der Waals surface area contributed by atoms with Crippen molar-refractivity contribution in [1.82, 2.24) is 10.2 Å². The Balaban J connectivity index is 1.91. The van der Waals surface area contributed by atoms with Crippen molar-refractivity contribution >= 4 is 17.7 Å². The molecule has 1 aliphatic heterocycles. The number of H-pyrrole nitrogens is 1. The standard InChI is InChI=1S/C11H15N3O4/c1-2-6-5-9(14-13-6)12-10(15)7-3-4-8(18-7)11(16)17/h5,7-8H,2-4H2,1H3,(H,16,17)(H2,12,13,14,15). The van der Waals surface area contributed by atoms with Crippen LogP contribution in [0.4, 0.5) is 5.82 Å². The lowest BCUT2D eigenvalue weighted by atomic mass is 10.2. The molecule has 98 valence electrons. The van der Waals surface area contributed by atoms with E-state index >= 15 is 0 Å². The van der Waals surface area contributed by atoms with Crippen molar-refractivity contribution in [2.75, 3.05) is 5.32 Å². The van der Waals surface area contributed by atoms with Gasteiger partial charge in [-0.3, -0.25) is 9.89 Å². The van der Waals surface area contributed by atoms with Gasteiger partial charge in [0.2, 0.25) is 0 Å². The molecule has 2 unspecified atom stereocenters. The molecular formula is C11H15N3O4. The van der Waals surface area contributed by atoms with Crippen LogP contribution in [0.1, 0.15) is 25.5 Å². The van der Waals surface area contributed by atoms with Crippen molar-refractivity contribution in [3.8, 4) is 0 Å². The number of anilines is 1. The molecule has 1 fully saturated rings. The predicted octanol–water partition coefficient (Wildman–Crippen LogP) is 0.543. The molecule has 18 heavy (non-hydrogen) atoms. The zero-order chi connectivity index (χ0) is 13.1. The van der Waals surface area contributed by atoms with Crippen molar-refractivity contribution in [3.05, 3.63) is 11.8 Å². The summed E-state index contributed by atoms with van der Waals surface area (Å²) in [6.45, 7) is 1.97. The number of aromatic nitrogens is 2. The molecule has 0 radical (unpaired) electrons. The van der Waals surface area contributed by atoms with Crippen molar-refractivity contribution in [1.29, 1.82) is 0 Å². The molecule has 0 aliphatic carbocycles. The first-order valence-corrected chi connectivity index (χ1v) is 5.83. The minimum Gasteiger partial charge on any atom is -0.479 e. The fourth-order valence-corrected chi connectivity index (χ4v) is 1.83. The fourth-order valence-electron chi connectivity index (χ4n) is 1.83. The van der Waals surface area contributed by atoms with Crippen molar-refractivity contribution in [2.45, 2.75) is 38.4 Å². The highest BCUT2D eigenvalue weighted by atomic mass is 16.5. The highest BCUT2D eigenvalue weighted by molar-refractivity contribution is 5.94. The third-order valence-corrected chi connectivity index (χ3v) is 2.85. The number of nitrogens with one attached hydrogen (secondary N) is 2. The van der Waals surface area contributed by atoms with Gasteiger partial charge in [-0.1, -0.05) is 6.92 Å². The molecule has 7 heteroatoms. The summed E-state index contributed by atoms with van der Waals surface area (Å²) in [5, 5.41) is 18.1. The Hall–Kier alpha value is -1.89. The lowest BCUT2D eigenvalue weighted by Crippen LogP contribution is -2.30. The smallest absolute Gasteiger partial charge is 0.332 e. The number of carbonyl (C=O) groups excluding carboxylic acids is 1. The summed E-state index contributed by atoms with van der Waals surface area (Å²) in [7, 11) is 0. The molecule has 0 saturated carbocycles. The van der Waals surface area contributed by atoms with Crippen LogP contribution in [-0.2, 0) is 20.7 Å². The number of carboxylic acids is 1. The van der Waals surface area contributed by atoms with Gasteiger partial charge in [0.1, 0.15) is 6.10 Å². The average Bonchev–Trinajstić information content (AvgIpc) is 2.97. The summed E-state index contributed by atoms with van der Waals surface area (Å²) in [5.41, 5.74) is 0.918. The van der Waals surface area contributed by atoms with E-state index in [2.05, 4.69) is 15.5 Å². The Morgan fingerprint density at radius 3 is 2.83 bits per heavy atom. The van der Waals surface area contributed by atoms with Gasteiger partial charge in [-0.25, -0.2) is 4.79 Å². The monoisotopic (exact) mass is 253 g/mol. The average molecular weight is 253 g/mol. The Bertz CT molecular complexity index is 457. The van der Waals surface area contributed by atoms with Crippen molar-refractivity contribution < 1.29 is 19.4 Å². The second kappa shape index (κ2) is 5.18. The third kappa shape index (κ3) is 2.67. The van der Waals surface area contributed by atoms with Crippen molar-refractivity contribution in [3.63, 3.8) is 0 Å². The van der Waals surface area contributed by atoms with Gasteiger partial charge in [-0.2, -0.15) is 5.10 Å². The van der Waals surface area contributed by atoms with Crippen LogP contribution in [0.5, 0.6) is 0 Å². The molecule has 1 aromatic rings. The fraction of sp³-hybridized carbons (Fsp3) is 0.545. The Morgan fingerprint density at radius 2 is 2.28 bits per heavy atom. The Morgan fingerprint density at radius 1 is 1.56 bits per heavy atom. The van der Waals surface area contributed by atoms with Gasteiger partial charge in [0, 0.05) is 11.8 Å². The molecule has 3 N–H and O–H groups in total. The van der Waals surface area contributed by atoms with E-state index in [9.17, 15) is 9.59 Å². The first-order chi connectivity index (χ1) is 8.60. The lowest BCUT2D eigenvalue weighted by molar-refractivity contribution is -0.150. The number of hydrogen-bond donors (Lipinski definition) is 3. The number of hydrogen-bond acceptors (Lipinski definition) is 4. The van der Waals surface area contributed by atoms with E-state index in [1.807, 2.05) is 6.92 Å². The van der Waals surface area contributed by atoms with Crippen LogP contribution in [-0.4, -0.2) is 39.4 Å². The summed E-state index contributed by atoms with van der Waals surface area (Å²) in [5.74, 6) is -0.953. The number of aliphatic carboxylic acids is 1. The van der Waals surface area contributed by atoms with Crippen LogP contribution >= 0.6 is 0 Å². The molecule has 0 spiro atoms. The van der Waals surface area contributed by atoms with E-state index < -0.39 is 18.2 Å². The molecule has 0 bridgehead atoms. The first-order valence-electron chi connectivity index (χ1n) is 5.83. The summed E-state index contributed by atoms with van der Waals surface area (Å²) >= 11 is 0. The topological polar surface area (TPSA) is 104 Å². The number of aromatic amines is 1. The second-order valence-corrected chi connectivity index (χ2v) is 4.15. The zero-order valence-corrected chi connectivity index (χ0v) is 9.97. The van der Waals surface area contributed by atoms with E-state index in [0.717, 1.165) is 12.1 Å². The van der Waals surface area contributed by atoms with Crippen LogP contribution in [0.25, 0.3) is 0 Å². The van der Waals surface area contributed by atoms with Crippen LogP contribution in [0.2, 0.25) is 0 Å². The lowest BCUT2D eigenvalue weighted by Gasteiger charge is -2.09. The molecule has 7 nitrogen and oxygen atoms in total. The van der Waals surface area contributed by atoms with Crippen molar-refractivity contribution in [2.24, 2.45) is 0 Å². The molecule has 1 aliphatic rings.